The van der Waals surface area contributed by atoms with Gasteiger partial charge in [-0.2, -0.15) is 0 Å². The van der Waals surface area contributed by atoms with Gasteiger partial charge in [-0.05, 0) is 31.2 Å². The van der Waals surface area contributed by atoms with E-state index >= 15 is 0 Å². The van der Waals surface area contributed by atoms with Crippen LogP contribution < -0.4 is 20.1 Å². The lowest BCUT2D eigenvalue weighted by Gasteiger charge is -2.45. The lowest BCUT2D eigenvalue weighted by molar-refractivity contribution is 0.0634. The molecule has 0 aliphatic carbocycles. The van der Waals surface area contributed by atoms with Crippen molar-refractivity contribution < 1.29 is 19.1 Å². The van der Waals surface area contributed by atoms with Gasteiger partial charge in [0.2, 0.25) is 0 Å². The summed E-state index contributed by atoms with van der Waals surface area (Å²) < 4.78 is 11.0. The number of piperidine rings is 1. The van der Waals surface area contributed by atoms with Crippen LogP contribution in [0.15, 0.2) is 42.5 Å². The molecule has 1 fully saturated rings. The van der Waals surface area contributed by atoms with Crippen LogP contribution in [0.1, 0.15) is 39.3 Å². The van der Waals surface area contributed by atoms with Crippen molar-refractivity contribution >= 4 is 28.4 Å². The van der Waals surface area contributed by atoms with Crippen molar-refractivity contribution in [2.75, 3.05) is 32.6 Å². The molecular weight excluding hydrogens is 420 g/mol. The van der Waals surface area contributed by atoms with E-state index in [-0.39, 0.29) is 11.8 Å². The SMILES string of the molecule is COc1cc(C(=O)N2CCC3(CC2)NC(=O)c2cc(C)ccc2N3)nc2c(OC)cccc12. The highest BCUT2D eigenvalue weighted by atomic mass is 16.5. The second-order valence-electron chi connectivity index (χ2n) is 8.57. The number of nitrogens with one attached hydrogen (secondary N) is 2. The maximum atomic E-state index is 13.3. The Morgan fingerprint density at radius 1 is 1.03 bits per heavy atom. The summed E-state index contributed by atoms with van der Waals surface area (Å²) in [6.45, 7) is 2.94. The second kappa shape index (κ2) is 7.95. The number of amides is 2. The molecule has 8 heteroatoms. The summed E-state index contributed by atoms with van der Waals surface area (Å²) in [5.41, 5.74) is 2.86. The predicted molar refractivity (Wildman–Crippen MR) is 125 cm³/mol. The summed E-state index contributed by atoms with van der Waals surface area (Å²) in [4.78, 5) is 32.5. The number of para-hydroxylation sites is 1. The largest absolute Gasteiger partial charge is 0.496 e. The number of carbonyl (C=O) groups is 2. The first-order chi connectivity index (χ1) is 15.9. The van der Waals surface area contributed by atoms with Crippen molar-refractivity contribution in [2.45, 2.75) is 25.4 Å². The van der Waals surface area contributed by atoms with Gasteiger partial charge in [0, 0.05) is 43.1 Å². The third-order valence-electron chi connectivity index (χ3n) is 6.47. The molecular formula is C25H26N4O4. The van der Waals surface area contributed by atoms with Crippen LogP contribution in [0.2, 0.25) is 0 Å². The van der Waals surface area contributed by atoms with Gasteiger partial charge in [-0.3, -0.25) is 9.59 Å². The summed E-state index contributed by atoms with van der Waals surface area (Å²) in [6.07, 6.45) is 1.18. The summed E-state index contributed by atoms with van der Waals surface area (Å²) in [6, 6.07) is 13.1. The fourth-order valence-electron chi connectivity index (χ4n) is 4.67. The third-order valence-corrected chi connectivity index (χ3v) is 6.47. The van der Waals surface area contributed by atoms with E-state index in [1.165, 1.54) is 0 Å². The quantitative estimate of drug-likeness (QED) is 0.641. The van der Waals surface area contributed by atoms with Gasteiger partial charge in [0.05, 0.1) is 19.8 Å². The molecule has 8 nitrogen and oxygen atoms in total. The highest BCUT2D eigenvalue weighted by Gasteiger charge is 2.41. The first-order valence-corrected chi connectivity index (χ1v) is 11.0. The number of hydrogen-bond acceptors (Lipinski definition) is 6. The number of ether oxygens (including phenoxy) is 2. The normalized spacial score (nSPS) is 16.7. The van der Waals surface area contributed by atoms with E-state index < -0.39 is 5.66 Å². The average molecular weight is 447 g/mol. The minimum Gasteiger partial charge on any atom is -0.496 e. The summed E-state index contributed by atoms with van der Waals surface area (Å²) >= 11 is 0. The van der Waals surface area contributed by atoms with Crippen molar-refractivity contribution in [3.63, 3.8) is 0 Å². The molecule has 0 radical (unpaired) electrons. The van der Waals surface area contributed by atoms with Crippen LogP contribution in [0.4, 0.5) is 5.69 Å². The maximum Gasteiger partial charge on any atom is 0.272 e. The van der Waals surface area contributed by atoms with Crippen LogP contribution in [-0.4, -0.2) is 54.7 Å². The van der Waals surface area contributed by atoms with E-state index in [9.17, 15) is 9.59 Å². The average Bonchev–Trinajstić information content (AvgIpc) is 2.83. The second-order valence-corrected chi connectivity index (χ2v) is 8.57. The molecule has 2 amide bonds. The van der Waals surface area contributed by atoms with E-state index in [1.807, 2.05) is 43.3 Å². The fourth-order valence-corrected chi connectivity index (χ4v) is 4.67. The van der Waals surface area contributed by atoms with Crippen molar-refractivity contribution in [2.24, 2.45) is 0 Å². The van der Waals surface area contributed by atoms with Crippen LogP contribution >= 0.6 is 0 Å². The molecule has 5 rings (SSSR count). The molecule has 170 valence electrons. The number of rotatable bonds is 3. The topological polar surface area (TPSA) is 92.8 Å². The molecule has 0 bridgehead atoms. The first kappa shape index (κ1) is 21.1. The molecule has 0 unspecified atom stereocenters. The predicted octanol–water partition coefficient (Wildman–Crippen LogP) is 3.35. The van der Waals surface area contributed by atoms with Gasteiger partial charge in [0.25, 0.3) is 11.8 Å². The summed E-state index contributed by atoms with van der Waals surface area (Å²) in [5.74, 6) is 0.902. The van der Waals surface area contributed by atoms with Gasteiger partial charge >= 0.3 is 0 Å². The van der Waals surface area contributed by atoms with Crippen LogP contribution in [0.25, 0.3) is 10.9 Å². The molecule has 3 aromatic rings. The Hall–Kier alpha value is -3.81. The van der Waals surface area contributed by atoms with Gasteiger partial charge < -0.3 is 25.0 Å². The highest BCUT2D eigenvalue weighted by molar-refractivity contribution is 6.02. The van der Waals surface area contributed by atoms with Crippen LogP contribution in [0.5, 0.6) is 11.5 Å². The number of aryl methyl sites for hydroxylation is 1. The summed E-state index contributed by atoms with van der Waals surface area (Å²) in [5, 5.41) is 7.42. The molecule has 0 atom stereocenters. The zero-order chi connectivity index (χ0) is 23.2. The van der Waals surface area contributed by atoms with Gasteiger partial charge in [0.1, 0.15) is 28.4 Å². The Morgan fingerprint density at radius 2 is 1.79 bits per heavy atom. The highest BCUT2D eigenvalue weighted by Crippen LogP contribution is 2.34. The Morgan fingerprint density at radius 3 is 2.52 bits per heavy atom. The number of hydrogen-bond donors (Lipinski definition) is 2. The van der Waals surface area contributed by atoms with Crippen molar-refractivity contribution in [1.29, 1.82) is 0 Å². The smallest absolute Gasteiger partial charge is 0.272 e. The van der Waals surface area contributed by atoms with Gasteiger partial charge in [0.15, 0.2) is 0 Å². The monoisotopic (exact) mass is 446 g/mol. The third kappa shape index (κ3) is 3.61. The summed E-state index contributed by atoms with van der Waals surface area (Å²) in [7, 11) is 3.15. The molecule has 1 saturated heterocycles. The number of fused-ring (bicyclic) bond motifs is 2. The molecule has 2 aliphatic heterocycles. The van der Waals surface area contributed by atoms with Crippen molar-refractivity contribution in [1.82, 2.24) is 15.2 Å². The number of anilines is 1. The van der Waals surface area contributed by atoms with Crippen molar-refractivity contribution in [3.8, 4) is 11.5 Å². The zero-order valence-corrected chi connectivity index (χ0v) is 18.9. The number of pyridine rings is 1. The van der Waals surface area contributed by atoms with Crippen LogP contribution in [0, 0.1) is 6.92 Å². The molecule has 2 N–H and O–H groups in total. The molecule has 2 aromatic carbocycles. The molecule has 33 heavy (non-hydrogen) atoms. The number of carbonyl (C=O) groups excluding carboxylic acids is 2. The Labute approximate surface area is 191 Å². The molecule has 1 aromatic heterocycles. The number of methoxy groups -OCH3 is 2. The fraction of sp³-hybridized carbons (Fsp3) is 0.320. The number of likely N-dealkylation sites (tertiary alicyclic amines) is 1. The van der Waals surface area contributed by atoms with Crippen LogP contribution in [-0.2, 0) is 0 Å². The first-order valence-electron chi connectivity index (χ1n) is 11.0. The zero-order valence-electron chi connectivity index (χ0n) is 18.9. The lowest BCUT2D eigenvalue weighted by atomic mass is 9.91. The minimum atomic E-state index is -0.562. The van der Waals surface area contributed by atoms with Crippen molar-refractivity contribution in [3.05, 3.63) is 59.3 Å². The standard InChI is InChI=1S/C25H26N4O4/c1-15-7-8-18-17(13-15)23(30)28-25(27-18)9-11-29(12-10-25)24(31)19-14-21(33-3)16-5-4-6-20(32-2)22(16)26-19/h4-8,13-14,27H,9-12H2,1-3H3,(H,28,30). The molecule has 1 spiro atoms. The molecule has 3 heterocycles. The maximum absolute atomic E-state index is 13.3. The Kier molecular flexibility index (Phi) is 5.08. The lowest BCUT2D eigenvalue weighted by Crippen LogP contribution is -2.62. The number of aromatic nitrogens is 1. The van der Waals surface area contributed by atoms with Crippen LogP contribution in [0.3, 0.4) is 0 Å². The number of benzene rings is 2. The van der Waals surface area contributed by atoms with E-state index in [0.29, 0.717) is 54.2 Å². The van der Waals surface area contributed by atoms with E-state index in [0.717, 1.165) is 16.6 Å². The van der Waals surface area contributed by atoms with Gasteiger partial charge in [-0.1, -0.05) is 17.7 Å². The Balaban J connectivity index is 1.38. The van der Waals surface area contributed by atoms with E-state index in [2.05, 4.69) is 15.6 Å². The van der Waals surface area contributed by atoms with E-state index in [1.54, 1.807) is 25.2 Å². The van der Waals surface area contributed by atoms with Gasteiger partial charge in [-0.25, -0.2) is 4.98 Å². The van der Waals surface area contributed by atoms with Gasteiger partial charge in [-0.15, -0.1) is 0 Å². The molecule has 2 aliphatic rings. The Bertz CT molecular complexity index is 1260. The minimum absolute atomic E-state index is 0.0831. The van der Waals surface area contributed by atoms with E-state index in [4.69, 9.17) is 9.47 Å². The number of nitrogens with zero attached hydrogens (tertiary/aromatic N) is 2. The molecule has 0 saturated carbocycles.